The number of ether oxygens (including phenoxy) is 1. The molecule has 1 fully saturated rings. The molecule has 0 unspecified atom stereocenters. The van der Waals surface area contributed by atoms with E-state index in [4.69, 9.17) is 28.3 Å². The standard InChI is InChI=1S/C27H30N2O4.2CO2/c1-4-27(5-2,29-18(3)30)16-25(31)20-10-14-23(15-11-20)33-22-12-8-19(9-13-22)24-17-32-26(28-24)21-6-7-21;2*2-1-3/h8-15,17,21H,4-7,16H2,1-3H3,(H,29,30);;. The van der Waals surface area contributed by atoms with Crippen LogP contribution in [0.3, 0.4) is 0 Å². The number of carbonyl (C=O) groups is 2. The molecule has 2 aromatic carbocycles. The van der Waals surface area contributed by atoms with Gasteiger partial charge in [-0.1, -0.05) is 13.8 Å². The molecule has 204 valence electrons. The molecular formula is C29H30N2O8. The third-order valence-corrected chi connectivity index (χ3v) is 6.30. The zero-order valence-corrected chi connectivity index (χ0v) is 22.0. The van der Waals surface area contributed by atoms with Crippen molar-refractivity contribution in [1.29, 1.82) is 0 Å². The molecule has 1 aromatic heterocycles. The molecule has 39 heavy (non-hydrogen) atoms. The Hall–Kier alpha value is -4.65. The number of amides is 1. The quantitative estimate of drug-likeness (QED) is 0.350. The molecule has 1 heterocycles. The Morgan fingerprint density at radius 2 is 1.46 bits per heavy atom. The SMILES string of the molecule is CCC(CC)(CC(=O)c1ccc(Oc2ccc(-c3coc(C4CC4)n3)cc2)cc1)NC(C)=O.O=C=O.O=C=O. The molecule has 1 amide bonds. The summed E-state index contributed by atoms with van der Waals surface area (Å²) >= 11 is 0. The average Bonchev–Trinajstić information content (AvgIpc) is 3.66. The normalized spacial score (nSPS) is 11.9. The van der Waals surface area contributed by atoms with E-state index in [2.05, 4.69) is 10.3 Å². The largest absolute Gasteiger partial charge is 0.457 e. The topological polar surface area (TPSA) is 150 Å². The van der Waals surface area contributed by atoms with Crippen molar-refractivity contribution in [2.75, 3.05) is 0 Å². The van der Waals surface area contributed by atoms with Gasteiger partial charge in [-0.2, -0.15) is 19.2 Å². The van der Waals surface area contributed by atoms with Crippen LogP contribution in [-0.2, 0) is 24.0 Å². The number of hydrogen-bond acceptors (Lipinski definition) is 9. The molecule has 0 spiro atoms. The highest BCUT2D eigenvalue weighted by Crippen LogP contribution is 2.40. The van der Waals surface area contributed by atoms with Gasteiger partial charge in [0.1, 0.15) is 23.5 Å². The van der Waals surface area contributed by atoms with E-state index in [0.717, 1.165) is 30.0 Å². The van der Waals surface area contributed by atoms with Gasteiger partial charge in [-0.3, -0.25) is 9.59 Å². The first-order valence-corrected chi connectivity index (χ1v) is 12.4. The van der Waals surface area contributed by atoms with Gasteiger partial charge in [0.25, 0.3) is 0 Å². The van der Waals surface area contributed by atoms with Crippen LogP contribution in [0.1, 0.15) is 75.0 Å². The first-order chi connectivity index (χ1) is 18.7. The van der Waals surface area contributed by atoms with Crippen LogP contribution in [0, 0.1) is 0 Å². The third kappa shape index (κ3) is 9.31. The molecule has 0 saturated heterocycles. The fourth-order valence-electron chi connectivity index (χ4n) is 3.98. The molecule has 0 aliphatic heterocycles. The zero-order chi connectivity index (χ0) is 28.8. The Morgan fingerprint density at radius 3 is 1.92 bits per heavy atom. The van der Waals surface area contributed by atoms with Crippen LogP contribution in [0.25, 0.3) is 11.3 Å². The van der Waals surface area contributed by atoms with E-state index in [1.165, 1.54) is 6.92 Å². The predicted molar refractivity (Wildman–Crippen MR) is 137 cm³/mol. The maximum absolute atomic E-state index is 12.8. The lowest BCUT2D eigenvalue weighted by Gasteiger charge is -2.32. The fraction of sp³-hybridized carbons (Fsp3) is 0.345. The van der Waals surface area contributed by atoms with Crippen molar-refractivity contribution in [3.63, 3.8) is 0 Å². The summed E-state index contributed by atoms with van der Waals surface area (Å²) in [5.74, 6) is 2.55. The van der Waals surface area contributed by atoms with E-state index < -0.39 is 5.54 Å². The van der Waals surface area contributed by atoms with Crippen molar-refractivity contribution in [2.45, 2.75) is 64.3 Å². The van der Waals surface area contributed by atoms with Gasteiger partial charge in [0, 0.05) is 35.9 Å². The maximum atomic E-state index is 12.8. The lowest BCUT2D eigenvalue weighted by Crippen LogP contribution is -2.48. The van der Waals surface area contributed by atoms with Gasteiger partial charge in [0.05, 0.1) is 0 Å². The molecule has 3 aromatic rings. The Morgan fingerprint density at radius 1 is 0.949 bits per heavy atom. The smallest absolute Gasteiger partial charge is 0.373 e. The highest BCUT2D eigenvalue weighted by molar-refractivity contribution is 5.97. The number of rotatable bonds is 10. The van der Waals surface area contributed by atoms with Gasteiger partial charge in [-0.15, -0.1) is 0 Å². The summed E-state index contributed by atoms with van der Waals surface area (Å²) in [6, 6.07) is 14.8. The second-order valence-corrected chi connectivity index (χ2v) is 8.93. The summed E-state index contributed by atoms with van der Waals surface area (Å²) in [6.07, 6.45) is 6.18. The van der Waals surface area contributed by atoms with Crippen molar-refractivity contribution >= 4 is 24.0 Å². The minimum absolute atomic E-state index is 0.00142. The molecule has 4 rings (SSSR count). The molecular weight excluding hydrogens is 504 g/mol. The van der Waals surface area contributed by atoms with Crippen LogP contribution in [0.4, 0.5) is 0 Å². The number of carbonyl (C=O) groups excluding carboxylic acids is 6. The number of Topliss-reactive ketones (excluding diaryl/α,β-unsaturated/α-hetero) is 1. The van der Waals surface area contributed by atoms with Crippen LogP contribution in [-0.4, -0.2) is 34.5 Å². The monoisotopic (exact) mass is 534 g/mol. The van der Waals surface area contributed by atoms with E-state index in [-0.39, 0.29) is 30.4 Å². The maximum Gasteiger partial charge on any atom is 0.373 e. The minimum Gasteiger partial charge on any atom is -0.457 e. The van der Waals surface area contributed by atoms with Gasteiger partial charge in [0.15, 0.2) is 11.7 Å². The number of oxazole rings is 1. The second kappa shape index (κ2) is 14.9. The zero-order valence-electron chi connectivity index (χ0n) is 22.0. The molecule has 0 atom stereocenters. The number of ketones is 1. The van der Waals surface area contributed by atoms with Crippen molar-refractivity contribution < 1.29 is 37.9 Å². The number of hydrogen-bond donors (Lipinski definition) is 1. The highest BCUT2D eigenvalue weighted by atomic mass is 16.5. The molecule has 1 aliphatic carbocycles. The predicted octanol–water partition coefficient (Wildman–Crippen LogP) is 5.11. The highest BCUT2D eigenvalue weighted by Gasteiger charge is 2.30. The molecule has 1 N–H and O–H groups in total. The second-order valence-electron chi connectivity index (χ2n) is 8.93. The Bertz CT molecular complexity index is 1280. The summed E-state index contributed by atoms with van der Waals surface area (Å²) in [7, 11) is 0. The summed E-state index contributed by atoms with van der Waals surface area (Å²) in [5.41, 5.74) is 1.91. The van der Waals surface area contributed by atoms with Crippen molar-refractivity contribution in [1.82, 2.24) is 10.3 Å². The van der Waals surface area contributed by atoms with Gasteiger partial charge in [-0.05, 0) is 74.2 Å². The van der Waals surface area contributed by atoms with Gasteiger partial charge >= 0.3 is 12.3 Å². The van der Waals surface area contributed by atoms with E-state index in [0.29, 0.717) is 35.8 Å². The summed E-state index contributed by atoms with van der Waals surface area (Å²) in [4.78, 5) is 61.5. The Kier molecular flexibility index (Phi) is 11.7. The first kappa shape index (κ1) is 30.6. The van der Waals surface area contributed by atoms with E-state index in [1.807, 2.05) is 38.1 Å². The van der Waals surface area contributed by atoms with Crippen LogP contribution < -0.4 is 10.1 Å². The van der Waals surface area contributed by atoms with Crippen molar-refractivity contribution in [3.05, 3.63) is 66.2 Å². The van der Waals surface area contributed by atoms with Gasteiger partial charge in [0.2, 0.25) is 5.91 Å². The van der Waals surface area contributed by atoms with Crippen LogP contribution >= 0.6 is 0 Å². The first-order valence-electron chi connectivity index (χ1n) is 12.4. The molecule has 0 bridgehead atoms. The number of aromatic nitrogens is 1. The molecule has 0 radical (unpaired) electrons. The number of nitrogens with one attached hydrogen (secondary N) is 1. The summed E-state index contributed by atoms with van der Waals surface area (Å²) < 4.78 is 11.5. The van der Waals surface area contributed by atoms with Crippen LogP contribution in [0.15, 0.2) is 59.2 Å². The van der Waals surface area contributed by atoms with Gasteiger partial charge < -0.3 is 14.5 Å². The van der Waals surface area contributed by atoms with E-state index in [1.54, 1.807) is 30.5 Å². The minimum atomic E-state index is -0.511. The Balaban J connectivity index is 0.000000815. The molecule has 10 nitrogen and oxygen atoms in total. The number of benzene rings is 2. The fourth-order valence-corrected chi connectivity index (χ4v) is 3.98. The van der Waals surface area contributed by atoms with Crippen molar-refractivity contribution in [2.24, 2.45) is 0 Å². The van der Waals surface area contributed by atoms with Crippen LogP contribution in [0.5, 0.6) is 11.5 Å². The lowest BCUT2D eigenvalue weighted by molar-refractivity contribution is -0.193. The van der Waals surface area contributed by atoms with E-state index >= 15 is 0 Å². The molecule has 1 aliphatic rings. The van der Waals surface area contributed by atoms with E-state index in [9.17, 15) is 9.59 Å². The lowest BCUT2D eigenvalue weighted by atomic mass is 9.85. The summed E-state index contributed by atoms with van der Waals surface area (Å²) in [5, 5.41) is 2.97. The third-order valence-electron chi connectivity index (χ3n) is 6.30. The molecule has 10 heteroatoms. The average molecular weight is 535 g/mol. The van der Waals surface area contributed by atoms with Gasteiger partial charge in [-0.25, -0.2) is 4.98 Å². The van der Waals surface area contributed by atoms with Crippen molar-refractivity contribution in [3.8, 4) is 22.8 Å². The van der Waals surface area contributed by atoms with Crippen LogP contribution in [0.2, 0.25) is 0 Å². The number of nitrogens with zero attached hydrogens (tertiary/aromatic N) is 1. The molecule has 1 saturated carbocycles. The summed E-state index contributed by atoms with van der Waals surface area (Å²) in [6.45, 7) is 5.47. The Labute approximate surface area is 225 Å².